The van der Waals surface area contributed by atoms with Crippen LogP contribution in [0.4, 0.5) is 10.1 Å². The fourth-order valence-electron chi connectivity index (χ4n) is 2.77. The standard InChI is InChI=1S/C20H23FN2O3/c1-12-4-6-18(19(8-12)25-3)26-17-7-5-15(9-16(17)21)23-20(24)13(2)14-10-22-11-14/h4-9,13-14,22H,10-11H2,1-3H3,(H,23,24). The highest BCUT2D eigenvalue weighted by Gasteiger charge is 2.28. The van der Waals surface area contributed by atoms with Crippen molar-refractivity contribution in [3.05, 3.63) is 47.8 Å². The summed E-state index contributed by atoms with van der Waals surface area (Å²) in [6.07, 6.45) is 0. The van der Waals surface area contributed by atoms with Gasteiger partial charge in [0.1, 0.15) is 0 Å². The number of benzene rings is 2. The number of carbonyl (C=O) groups excluding carboxylic acids is 1. The van der Waals surface area contributed by atoms with Crippen LogP contribution in [-0.2, 0) is 4.79 Å². The van der Waals surface area contributed by atoms with Crippen LogP contribution in [0.1, 0.15) is 12.5 Å². The lowest BCUT2D eigenvalue weighted by molar-refractivity contribution is -0.121. The number of carbonyl (C=O) groups is 1. The molecule has 0 aromatic heterocycles. The van der Waals surface area contributed by atoms with Crippen molar-refractivity contribution in [3.63, 3.8) is 0 Å². The molecule has 1 aliphatic rings. The SMILES string of the molecule is COc1cc(C)ccc1Oc1ccc(NC(=O)C(C)C2CNC2)cc1F. The van der Waals surface area contributed by atoms with E-state index in [4.69, 9.17) is 9.47 Å². The van der Waals surface area contributed by atoms with Crippen molar-refractivity contribution in [1.29, 1.82) is 0 Å². The number of anilines is 1. The van der Waals surface area contributed by atoms with Crippen molar-refractivity contribution >= 4 is 11.6 Å². The van der Waals surface area contributed by atoms with Crippen LogP contribution in [-0.4, -0.2) is 26.1 Å². The van der Waals surface area contributed by atoms with E-state index in [2.05, 4.69) is 10.6 Å². The van der Waals surface area contributed by atoms with Crippen LogP contribution in [0, 0.1) is 24.6 Å². The predicted molar refractivity (Wildman–Crippen MR) is 98.4 cm³/mol. The van der Waals surface area contributed by atoms with Gasteiger partial charge in [-0.25, -0.2) is 4.39 Å². The number of amides is 1. The molecule has 0 saturated carbocycles. The third-order valence-corrected chi connectivity index (χ3v) is 4.67. The molecule has 6 heteroatoms. The average molecular weight is 358 g/mol. The molecular weight excluding hydrogens is 335 g/mol. The number of aryl methyl sites for hydroxylation is 1. The summed E-state index contributed by atoms with van der Waals surface area (Å²) in [7, 11) is 1.54. The summed E-state index contributed by atoms with van der Waals surface area (Å²) in [5, 5.41) is 5.91. The first-order valence-corrected chi connectivity index (χ1v) is 8.61. The van der Waals surface area contributed by atoms with Crippen LogP contribution in [0.5, 0.6) is 17.2 Å². The molecule has 3 rings (SSSR count). The molecule has 0 aliphatic carbocycles. The topological polar surface area (TPSA) is 59.6 Å². The summed E-state index contributed by atoms with van der Waals surface area (Å²) in [5.41, 5.74) is 1.43. The Bertz CT molecular complexity index is 806. The Morgan fingerprint density at radius 1 is 1.19 bits per heavy atom. The van der Waals surface area contributed by atoms with Crippen molar-refractivity contribution in [2.75, 3.05) is 25.5 Å². The molecule has 1 amide bonds. The number of nitrogens with one attached hydrogen (secondary N) is 2. The molecule has 0 bridgehead atoms. The molecule has 5 nitrogen and oxygen atoms in total. The second kappa shape index (κ2) is 7.74. The van der Waals surface area contributed by atoms with Crippen molar-refractivity contribution in [2.45, 2.75) is 13.8 Å². The van der Waals surface area contributed by atoms with Crippen LogP contribution < -0.4 is 20.1 Å². The minimum Gasteiger partial charge on any atom is -0.493 e. The first-order valence-electron chi connectivity index (χ1n) is 8.61. The van der Waals surface area contributed by atoms with Gasteiger partial charge in [-0.05, 0) is 55.8 Å². The highest BCUT2D eigenvalue weighted by Crippen LogP contribution is 2.34. The van der Waals surface area contributed by atoms with Crippen molar-refractivity contribution in [1.82, 2.24) is 5.32 Å². The van der Waals surface area contributed by atoms with Crippen LogP contribution in [0.3, 0.4) is 0 Å². The Morgan fingerprint density at radius 2 is 1.92 bits per heavy atom. The van der Waals surface area contributed by atoms with Gasteiger partial charge in [0.15, 0.2) is 23.1 Å². The quantitative estimate of drug-likeness (QED) is 0.826. The van der Waals surface area contributed by atoms with Gasteiger partial charge in [-0.3, -0.25) is 4.79 Å². The minimum absolute atomic E-state index is 0.0707. The molecular formula is C20H23FN2O3. The molecule has 138 valence electrons. The molecule has 1 aliphatic heterocycles. The van der Waals surface area contributed by atoms with E-state index in [-0.39, 0.29) is 17.6 Å². The fourth-order valence-corrected chi connectivity index (χ4v) is 2.77. The molecule has 2 aromatic carbocycles. The normalized spacial score (nSPS) is 15.1. The molecule has 1 unspecified atom stereocenters. The molecule has 26 heavy (non-hydrogen) atoms. The van der Waals surface area contributed by atoms with Crippen molar-refractivity contribution in [3.8, 4) is 17.2 Å². The number of hydrogen-bond acceptors (Lipinski definition) is 4. The molecule has 1 fully saturated rings. The van der Waals surface area contributed by atoms with E-state index in [1.807, 2.05) is 26.0 Å². The summed E-state index contributed by atoms with van der Waals surface area (Å²) < 4.78 is 25.3. The second-order valence-electron chi connectivity index (χ2n) is 6.60. The average Bonchev–Trinajstić information content (AvgIpc) is 2.57. The van der Waals surface area contributed by atoms with Gasteiger partial charge in [0.2, 0.25) is 5.91 Å². The van der Waals surface area contributed by atoms with Crippen LogP contribution >= 0.6 is 0 Å². The van der Waals surface area contributed by atoms with Gasteiger partial charge in [0.05, 0.1) is 7.11 Å². The third kappa shape index (κ3) is 3.96. The number of hydrogen-bond donors (Lipinski definition) is 2. The van der Waals surface area contributed by atoms with Gasteiger partial charge >= 0.3 is 0 Å². The largest absolute Gasteiger partial charge is 0.493 e. The van der Waals surface area contributed by atoms with Gasteiger partial charge in [-0.2, -0.15) is 0 Å². The van der Waals surface area contributed by atoms with Crippen LogP contribution in [0.2, 0.25) is 0 Å². The lowest BCUT2D eigenvalue weighted by Gasteiger charge is -2.31. The molecule has 2 N–H and O–H groups in total. The predicted octanol–water partition coefficient (Wildman–Crippen LogP) is 3.73. The van der Waals surface area contributed by atoms with E-state index < -0.39 is 5.82 Å². The maximum absolute atomic E-state index is 14.4. The Kier molecular flexibility index (Phi) is 5.42. The zero-order valence-corrected chi connectivity index (χ0v) is 15.1. The summed E-state index contributed by atoms with van der Waals surface area (Å²) in [6.45, 7) is 5.51. The summed E-state index contributed by atoms with van der Waals surface area (Å²) in [6, 6.07) is 9.80. The minimum atomic E-state index is -0.552. The van der Waals surface area contributed by atoms with Crippen molar-refractivity contribution in [2.24, 2.45) is 11.8 Å². The van der Waals surface area contributed by atoms with E-state index in [1.54, 1.807) is 12.1 Å². The zero-order valence-electron chi connectivity index (χ0n) is 15.1. The molecule has 0 radical (unpaired) electrons. The zero-order chi connectivity index (χ0) is 18.7. The molecule has 1 atom stereocenters. The highest BCUT2D eigenvalue weighted by atomic mass is 19.1. The summed E-state index contributed by atoms with van der Waals surface area (Å²) in [4.78, 5) is 12.2. The maximum Gasteiger partial charge on any atom is 0.227 e. The van der Waals surface area contributed by atoms with Gasteiger partial charge < -0.3 is 20.1 Å². The third-order valence-electron chi connectivity index (χ3n) is 4.67. The summed E-state index contributed by atoms with van der Waals surface area (Å²) in [5.74, 6) is 0.586. The Labute approximate surface area is 152 Å². The highest BCUT2D eigenvalue weighted by molar-refractivity contribution is 5.92. The first kappa shape index (κ1) is 18.2. The number of halogens is 1. The Morgan fingerprint density at radius 3 is 2.54 bits per heavy atom. The number of rotatable bonds is 6. The van der Waals surface area contributed by atoms with Gasteiger partial charge in [0, 0.05) is 17.7 Å². The smallest absolute Gasteiger partial charge is 0.227 e. The number of ether oxygens (including phenoxy) is 2. The maximum atomic E-state index is 14.4. The molecule has 2 aromatic rings. The van der Waals surface area contributed by atoms with Gasteiger partial charge in [-0.15, -0.1) is 0 Å². The van der Waals surface area contributed by atoms with Gasteiger partial charge in [-0.1, -0.05) is 13.0 Å². The fraction of sp³-hybridized carbons (Fsp3) is 0.350. The lowest BCUT2D eigenvalue weighted by Crippen LogP contribution is -2.48. The van der Waals surface area contributed by atoms with E-state index in [1.165, 1.54) is 19.2 Å². The Hall–Kier alpha value is -2.60. The van der Waals surface area contributed by atoms with Gasteiger partial charge in [0.25, 0.3) is 0 Å². The molecule has 0 spiro atoms. The van der Waals surface area contributed by atoms with Crippen LogP contribution in [0.15, 0.2) is 36.4 Å². The monoisotopic (exact) mass is 358 g/mol. The first-order chi connectivity index (χ1) is 12.5. The summed E-state index contributed by atoms with van der Waals surface area (Å²) >= 11 is 0. The van der Waals surface area contributed by atoms with E-state index >= 15 is 0 Å². The Balaban J connectivity index is 1.70. The molecule has 1 heterocycles. The van der Waals surface area contributed by atoms with E-state index in [9.17, 15) is 9.18 Å². The number of methoxy groups -OCH3 is 1. The molecule has 1 saturated heterocycles. The van der Waals surface area contributed by atoms with Crippen LogP contribution in [0.25, 0.3) is 0 Å². The van der Waals surface area contributed by atoms with E-state index in [0.717, 1.165) is 18.7 Å². The van der Waals surface area contributed by atoms with Crippen molar-refractivity contribution < 1.29 is 18.7 Å². The van der Waals surface area contributed by atoms with E-state index in [0.29, 0.717) is 23.1 Å². The second-order valence-corrected chi connectivity index (χ2v) is 6.60. The lowest BCUT2D eigenvalue weighted by atomic mass is 9.88.